The summed E-state index contributed by atoms with van der Waals surface area (Å²) in [5, 5.41) is 9.28. The monoisotopic (exact) mass is 210 g/mol. The van der Waals surface area contributed by atoms with Gasteiger partial charge in [0.15, 0.2) is 5.78 Å². The van der Waals surface area contributed by atoms with E-state index in [1.54, 1.807) is 13.0 Å². The van der Waals surface area contributed by atoms with E-state index in [0.29, 0.717) is 18.4 Å². The molecule has 82 valence electrons. The molecule has 0 unspecified atom stereocenters. The second-order valence-corrected chi connectivity index (χ2v) is 3.33. The molecule has 4 heteroatoms. The van der Waals surface area contributed by atoms with E-state index in [-0.39, 0.29) is 12.4 Å². The Morgan fingerprint density at radius 2 is 2.47 bits per heavy atom. The Kier molecular flexibility index (Phi) is 4.24. The zero-order chi connectivity index (χ0) is 11.3. The number of hydrogen-bond acceptors (Lipinski definition) is 4. The molecule has 0 saturated carbocycles. The van der Waals surface area contributed by atoms with E-state index >= 15 is 0 Å². The van der Waals surface area contributed by atoms with Crippen LogP contribution in [0.4, 0.5) is 0 Å². The number of aliphatic hydroxyl groups is 1. The summed E-state index contributed by atoms with van der Waals surface area (Å²) in [7, 11) is 0. The molecule has 0 aromatic rings. The average Bonchev–Trinajstić information content (AvgIpc) is 2.20. The predicted molar refractivity (Wildman–Crippen MR) is 54.1 cm³/mol. The van der Waals surface area contributed by atoms with Gasteiger partial charge in [-0.05, 0) is 19.4 Å². The van der Waals surface area contributed by atoms with Crippen LogP contribution < -0.4 is 0 Å². The lowest BCUT2D eigenvalue weighted by atomic mass is 9.97. The molecule has 15 heavy (non-hydrogen) atoms. The van der Waals surface area contributed by atoms with Crippen molar-refractivity contribution in [3.63, 3.8) is 0 Å². The lowest BCUT2D eigenvalue weighted by Gasteiger charge is -2.15. The highest BCUT2D eigenvalue weighted by atomic mass is 16.5. The van der Waals surface area contributed by atoms with Gasteiger partial charge in [-0.25, -0.2) is 4.79 Å². The standard InChI is InChI=1S/C11H14O4/c1-2-3-11(14)15-7-8-6-9(12)4-5-10(8)13/h2-3,6,9,12H,4-5,7H2,1H3/b3-2+/t9-/m0/s1. The van der Waals surface area contributed by atoms with Crippen LogP contribution in [0.2, 0.25) is 0 Å². The Labute approximate surface area is 88.2 Å². The molecule has 0 amide bonds. The number of carbonyl (C=O) groups is 2. The van der Waals surface area contributed by atoms with Crippen LogP contribution in [0, 0.1) is 0 Å². The van der Waals surface area contributed by atoms with Crippen molar-refractivity contribution < 1.29 is 19.4 Å². The Morgan fingerprint density at radius 3 is 3.13 bits per heavy atom. The summed E-state index contributed by atoms with van der Waals surface area (Å²) in [6.45, 7) is 1.65. The minimum absolute atomic E-state index is 0.0565. The molecule has 4 nitrogen and oxygen atoms in total. The lowest BCUT2D eigenvalue weighted by Crippen LogP contribution is -2.20. The van der Waals surface area contributed by atoms with Crippen LogP contribution in [0.15, 0.2) is 23.8 Å². The summed E-state index contributed by atoms with van der Waals surface area (Å²) >= 11 is 0. The predicted octanol–water partition coefficient (Wildman–Crippen LogP) is 0.756. The molecule has 0 heterocycles. The summed E-state index contributed by atoms with van der Waals surface area (Å²) < 4.78 is 4.81. The van der Waals surface area contributed by atoms with E-state index < -0.39 is 12.1 Å². The number of rotatable bonds is 3. The minimum atomic E-state index is -0.599. The molecular weight excluding hydrogens is 196 g/mol. The smallest absolute Gasteiger partial charge is 0.330 e. The van der Waals surface area contributed by atoms with Gasteiger partial charge >= 0.3 is 5.97 Å². The largest absolute Gasteiger partial charge is 0.458 e. The van der Waals surface area contributed by atoms with Gasteiger partial charge in [0.1, 0.15) is 6.61 Å². The van der Waals surface area contributed by atoms with Crippen LogP contribution in [0.5, 0.6) is 0 Å². The van der Waals surface area contributed by atoms with Crippen molar-refractivity contribution in [2.45, 2.75) is 25.9 Å². The van der Waals surface area contributed by atoms with Crippen LogP contribution in [0.3, 0.4) is 0 Å². The van der Waals surface area contributed by atoms with Crippen molar-refractivity contribution in [3.8, 4) is 0 Å². The lowest BCUT2D eigenvalue weighted by molar-refractivity contribution is -0.137. The number of carbonyl (C=O) groups excluding carboxylic acids is 2. The van der Waals surface area contributed by atoms with Gasteiger partial charge in [0, 0.05) is 18.1 Å². The molecule has 0 saturated heterocycles. The number of ketones is 1. The summed E-state index contributed by atoms with van der Waals surface area (Å²) in [5.41, 5.74) is 0.381. The number of aliphatic hydroxyl groups excluding tert-OH is 1. The third-order valence-corrected chi connectivity index (χ3v) is 2.09. The fraction of sp³-hybridized carbons (Fsp3) is 0.455. The van der Waals surface area contributed by atoms with Gasteiger partial charge in [-0.2, -0.15) is 0 Å². The normalized spacial score (nSPS) is 21.6. The highest BCUT2D eigenvalue weighted by Crippen LogP contribution is 2.14. The van der Waals surface area contributed by atoms with Gasteiger partial charge in [-0.3, -0.25) is 4.79 Å². The third kappa shape index (κ3) is 3.67. The van der Waals surface area contributed by atoms with Crippen LogP contribution in [0.1, 0.15) is 19.8 Å². The molecule has 0 bridgehead atoms. The van der Waals surface area contributed by atoms with Gasteiger partial charge < -0.3 is 9.84 Å². The Balaban J connectivity index is 2.50. The van der Waals surface area contributed by atoms with Crippen molar-refractivity contribution >= 4 is 11.8 Å². The zero-order valence-electron chi connectivity index (χ0n) is 8.60. The minimum Gasteiger partial charge on any atom is -0.458 e. The number of esters is 1. The maximum Gasteiger partial charge on any atom is 0.330 e. The third-order valence-electron chi connectivity index (χ3n) is 2.09. The maximum absolute atomic E-state index is 11.3. The van der Waals surface area contributed by atoms with Gasteiger partial charge in [-0.15, -0.1) is 0 Å². The van der Waals surface area contributed by atoms with Gasteiger partial charge in [0.05, 0.1) is 6.10 Å². The van der Waals surface area contributed by atoms with Crippen LogP contribution >= 0.6 is 0 Å². The molecule has 0 spiro atoms. The summed E-state index contributed by atoms with van der Waals surface area (Å²) in [6.07, 6.45) is 4.46. The molecule has 1 atom stereocenters. The van der Waals surface area contributed by atoms with Crippen molar-refractivity contribution in [2.75, 3.05) is 6.61 Å². The highest BCUT2D eigenvalue weighted by Gasteiger charge is 2.19. The molecule has 0 aromatic carbocycles. The number of allylic oxidation sites excluding steroid dienone is 1. The van der Waals surface area contributed by atoms with Crippen LogP contribution in [-0.4, -0.2) is 29.6 Å². The Hall–Kier alpha value is -1.42. The van der Waals surface area contributed by atoms with E-state index in [4.69, 9.17) is 4.74 Å². The summed E-state index contributed by atoms with van der Waals surface area (Å²) in [4.78, 5) is 22.3. The maximum atomic E-state index is 11.3. The molecule has 1 N–H and O–H groups in total. The Morgan fingerprint density at radius 1 is 1.73 bits per heavy atom. The summed E-state index contributed by atoms with van der Waals surface area (Å²) in [5.74, 6) is -0.542. The van der Waals surface area contributed by atoms with E-state index in [9.17, 15) is 14.7 Å². The highest BCUT2D eigenvalue weighted by molar-refractivity contribution is 5.97. The quantitative estimate of drug-likeness (QED) is 0.551. The number of hydrogen-bond donors (Lipinski definition) is 1. The molecule has 0 radical (unpaired) electrons. The number of Topliss-reactive ketones (excluding diaryl/α,β-unsaturated/α-hetero) is 1. The average molecular weight is 210 g/mol. The van der Waals surface area contributed by atoms with E-state index in [0.717, 1.165) is 0 Å². The molecule has 0 fully saturated rings. The first-order valence-electron chi connectivity index (χ1n) is 4.85. The van der Waals surface area contributed by atoms with Gasteiger partial charge in [0.2, 0.25) is 0 Å². The molecular formula is C11H14O4. The topological polar surface area (TPSA) is 63.6 Å². The Bertz CT molecular complexity index is 315. The first-order chi connectivity index (χ1) is 7.13. The van der Waals surface area contributed by atoms with Crippen molar-refractivity contribution in [2.24, 2.45) is 0 Å². The van der Waals surface area contributed by atoms with Crippen molar-refractivity contribution in [1.82, 2.24) is 0 Å². The van der Waals surface area contributed by atoms with Crippen molar-refractivity contribution in [1.29, 1.82) is 0 Å². The van der Waals surface area contributed by atoms with E-state index in [2.05, 4.69) is 0 Å². The van der Waals surface area contributed by atoms with Crippen molar-refractivity contribution in [3.05, 3.63) is 23.8 Å². The van der Waals surface area contributed by atoms with E-state index in [1.165, 1.54) is 12.2 Å². The molecule has 0 aromatic heterocycles. The molecule has 0 aliphatic heterocycles. The van der Waals surface area contributed by atoms with E-state index in [1.807, 2.05) is 0 Å². The van der Waals surface area contributed by atoms with Gasteiger partial charge in [-0.1, -0.05) is 6.08 Å². The summed E-state index contributed by atoms with van der Waals surface area (Å²) in [6, 6.07) is 0. The fourth-order valence-corrected chi connectivity index (χ4v) is 1.31. The first-order valence-corrected chi connectivity index (χ1v) is 4.85. The molecule has 1 rings (SSSR count). The van der Waals surface area contributed by atoms with Crippen LogP contribution in [0.25, 0.3) is 0 Å². The zero-order valence-corrected chi connectivity index (χ0v) is 8.60. The fourth-order valence-electron chi connectivity index (χ4n) is 1.31. The van der Waals surface area contributed by atoms with Gasteiger partial charge in [0.25, 0.3) is 0 Å². The molecule has 1 aliphatic carbocycles. The first kappa shape index (κ1) is 11.7. The number of ether oxygens (including phenoxy) is 1. The second kappa shape index (κ2) is 5.46. The SMILES string of the molecule is C/C=C/C(=O)OCC1=C[C@@H](O)CCC1=O. The molecule has 1 aliphatic rings. The van der Waals surface area contributed by atoms with Crippen LogP contribution in [-0.2, 0) is 14.3 Å². The second-order valence-electron chi connectivity index (χ2n) is 3.33.